The van der Waals surface area contributed by atoms with Gasteiger partial charge in [0.2, 0.25) is 0 Å². The van der Waals surface area contributed by atoms with Gasteiger partial charge in [0.05, 0.1) is 0 Å². The van der Waals surface area contributed by atoms with Crippen LogP contribution in [-0.4, -0.2) is 11.4 Å². The predicted octanol–water partition coefficient (Wildman–Crippen LogP) is 2.73. The van der Waals surface area contributed by atoms with Crippen molar-refractivity contribution in [2.24, 2.45) is 0 Å². The van der Waals surface area contributed by atoms with Crippen LogP contribution in [0.25, 0.3) is 0 Å². The Morgan fingerprint density at radius 3 is 2.47 bits per heavy atom. The van der Waals surface area contributed by atoms with Gasteiger partial charge in [-0.15, -0.1) is 0 Å². The molecule has 0 spiro atoms. The van der Waals surface area contributed by atoms with E-state index in [4.69, 9.17) is 5.26 Å². The lowest BCUT2D eigenvalue weighted by molar-refractivity contribution is -0.118. The summed E-state index contributed by atoms with van der Waals surface area (Å²) in [6.07, 6.45) is 1.43. The number of hydrogen-bond donors (Lipinski definition) is 2. The SMILES string of the molecule is Cc1ccccc1N/C=C(/C#N)C(=O)NC(C)(C)C. The molecular weight excluding hydrogens is 238 g/mol. The summed E-state index contributed by atoms with van der Waals surface area (Å²) in [4.78, 5) is 11.9. The second-order valence-electron chi connectivity index (χ2n) is 5.33. The Kier molecular flexibility index (Phi) is 4.71. The summed E-state index contributed by atoms with van der Waals surface area (Å²) in [5.41, 5.74) is 1.61. The third-order valence-electron chi connectivity index (χ3n) is 2.37. The number of nitrogens with zero attached hydrogens (tertiary/aromatic N) is 1. The molecule has 0 aliphatic carbocycles. The van der Waals surface area contributed by atoms with Gasteiger partial charge in [0, 0.05) is 17.4 Å². The molecule has 2 N–H and O–H groups in total. The van der Waals surface area contributed by atoms with Crippen LogP contribution in [0.15, 0.2) is 36.0 Å². The highest BCUT2D eigenvalue weighted by Gasteiger charge is 2.17. The lowest BCUT2D eigenvalue weighted by Gasteiger charge is -2.20. The van der Waals surface area contributed by atoms with Crippen LogP contribution in [0.3, 0.4) is 0 Å². The van der Waals surface area contributed by atoms with E-state index in [-0.39, 0.29) is 17.0 Å². The summed E-state index contributed by atoms with van der Waals surface area (Å²) in [5, 5.41) is 14.8. The fourth-order valence-electron chi connectivity index (χ4n) is 1.44. The summed E-state index contributed by atoms with van der Waals surface area (Å²) in [7, 11) is 0. The molecule has 0 aliphatic heterocycles. The van der Waals surface area contributed by atoms with E-state index in [0.717, 1.165) is 11.3 Å². The lowest BCUT2D eigenvalue weighted by atomic mass is 10.1. The summed E-state index contributed by atoms with van der Waals surface area (Å²) in [6.45, 7) is 7.56. The molecular formula is C15H19N3O. The highest BCUT2D eigenvalue weighted by atomic mass is 16.1. The average Bonchev–Trinajstić information content (AvgIpc) is 2.29. The van der Waals surface area contributed by atoms with Gasteiger partial charge in [-0.05, 0) is 39.3 Å². The van der Waals surface area contributed by atoms with Crippen molar-refractivity contribution in [2.75, 3.05) is 5.32 Å². The van der Waals surface area contributed by atoms with E-state index in [1.807, 2.05) is 58.0 Å². The van der Waals surface area contributed by atoms with Crippen LogP contribution in [0.1, 0.15) is 26.3 Å². The van der Waals surface area contributed by atoms with Crippen LogP contribution in [0, 0.1) is 18.3 Å². The number of para-hydroxylation sites is 1. The second kappa shape index (κ2) is 6.05. The molecule has 0 saturated carbocycles. The van der Waals surface area contributed by atoms with Gasteiger partial charge in [-0.1, -0.05) is 18.2 Å². The van der Waals surface area contributed by atoms with Crippen LogP contribution in [0.5, 0.6) is 0 Å². The van der Waals surface area contributed by atoms with Crippen molar-refractivity contribution in [1.82, 2.24) is 5.32 Å². The number of rotatable bonds is 3. The first-order valence-corrected chi connectivity index (χ1v) is 6.08. The maximum Gasteiger partial charge on any atom is 0.263 e. The van der Waals surface area contributed by atoms with E-state index >= 15 is 0 Å². The minimum Gasteiger partial charge on any atom is -0.360 e. The van der Waals surface area contributed by atoms with Crippen molar-refractivity contribution < 1.29 is 4.79 Å². The van der Waals surface area contributed by atoms with E-state index in [2.05, 4.69) is 10.6 Å². The number of amides is 1. The summed E-state index contributed by atoms with van der Waals surface area (Å²) in [5.74, 6) is -0.379. The molecule has 1 rings (SSSR count). The monoisotopic (exact) mass is 257 g/mol. The Morgan fingerprint density at radius 1 is 1.32 bits per heavy atom. The maximum atomic E-state index is 11.9. The maximum absolute atomic E-state index is 11.9. The molecule has 1 aromatic carbocycles. The van der Waals surface area contributed by atoms with Crippen molar-refractivity contribution in [3.8, 4) is 6.07 Å². The van der Waals surface area contributed by atoms with Crippen LogP contribution < -0.4 is 10.6 Å². The number of nitriles is 1. The third-order valence-corrected chi connectivity index (χ3v) is 2.37. The van der Waals surface area contributed by atoms with E-state index in [1.54, 1.807) is 0 Å². The van der Waals surface area contributed by atoms with E-state index < -0.39 is 0 Å². The molecule has 0 unspecified atom stereocenters. The Hall–Kier alpha value is -2.28. The van der Waals surface area contributed by atoms with E-state index in [0.29, 0.717) is 0 Å². The zero-order valence-electron chi connectivity index (χ0n) is 11.7. The summed E-state index contributed by atoms with van der Waals surface area (Å²) < 4.78 is 0. The molecule has 0 aliphatic rings. The number of carbonyl (C=O) groups is 1. The van der Waals surface area contributed by atoms with Crippen molar-refractivity contribution in [1.29, 1.82) is 5.26 Å². The molecule has 4 nitrogen and oxygen atoms in total. The Balaban J connectivity index is 2.82. The van der Waals surface area contributed by atoms with Gasteiger partial charge in [-0.25, -0.2) is 0 Å². The number of aryl methyl sites for hydroxylation is 1. The molecule has 1 amide bonds. The standard InChI is InChI=1S/C15H19N3O/c1-11-7-5-6-8-13(11)17-10-12(9-16)14(19)18-15(2,3)4/h5-8,10,17H,1-4H3,(H,18,19)/b12-10-. The second-order valence-corrected chi connectivity index (χ2v) is 5.33. The molecule has 0 heterocycles. The largest absolute Gasteiger partial charge is 0.360 e. The summed E-state index contributed by atoms with van der Waals surface area (Å²) >= 11 is 0. The van der Waals surface area contributed by atoms with Gasteiger partial charge < -0.3 is 10.6 Å². The molecule has 19 heavy (non-hydrogen) atoms. The Bertz CT molecular complexity index is 533. The van der Waals surface area contributed by atoms with Crippen molar-refractivity contribution >= 4 is 11.6 Å². The number of carbonyl (C=O) groups excluding carboxylic acids is 1. The summed E-state index contributed by atoms with van der Waals surface area (Å²) in [6, 6.07) is 9.57. The highest BCUT2D eigenvalue weighted by molar-refractivity contribution is 5.97. The fourth-order valence-corrected chi connectivity index (χ4v) is 1.44. The van der Waals surface area contributed by atoms with Gasteiger partial charge >= 0.3 is 0 Å². The minimum absolute atomic E-state index is 0.0539. The quantitative estimate of drug-likeness (QED) is 0.646. The van der Waals surface area contributed by atoms with Crippen LogP contribution >= 0.6 is 0 Å². The smallest absolute Gasteiger partial charge is 0.263 e. The van der Waals surface area contributed by atoms with Gasteiger partial charge in [0.1, 0.15) is 11.6 Å². The number of hydrogen-bond acceptors (Lipinski definition) is 3. The van der Waals surface area contributed by atoms with Gasteiger partial charge in [-0.2, -0.15) is 5.26 Å². The molecule has 0 saturated heterocycles. The number of anilines is 1. The van der Waals surface area contributed by atoms with E-state index in [9.17, 15) is 4.79 Å². The lowest BCUT2D eigenvalue weighted by Crippen LogP contribution is -2.41. The first-order valence-electron chi connectivity index (χ1n) is 6.08. The van der Waals surface area contributed by atoms with Crippen molar-refractivity contribution in [3.63, 3.8) is 0 Å². The third kappa shape index (κ3) is 4.84. The first-order chi connectivity index (χ1) is 8.83. The average molecular weight is 257 g/mol. The molecule has 0 bridgehead atoms. The molecule has 0 atom stereocenters. The highest BCUT2D eigenvalue weighted by Crippen LogP contribution is 2.13. The van der Waals surface area contributed by atoms with Crippen molar-refractivity contribution in [3.05, 3.63) is 41.6 Å². The minimum atomic E-state index is -0.379. The molecule has 0 aromatic heterocycles. The topological polar surface area (TPSA) is 64.9 Å². The van der Waals surface area contributed by atoms with Crippen LogP contribution in [0.4, 0.5) is 5.69 Å². The van der Waals surface area contributed by atoms with Crippen molar-refractivity contribution in [2.45, 2.75) is 33.2 Å². The molecule has 4 heteroatoms. The Labute approximate surface area is 114 Å². The molecule has 100 valence electrons. The van der Waals surface area contributed by atoms with Gasteiger partial charge in [-0.3, -0.25) is 4.79 Å². The normalized spacial score (nSPS) is 11.6. The Morgan fingerprint density at radius 2 is 1.95 bits per heavy atom. The van der Waals surface area contributed by atoms with Gasteiger partial charge in [0.15, 0.2) is 0 Å². The van der Waals surface area contributed by atoms with E-state index in [1.165, 1.54) is 6.20 Å². The fraction of sp³-hybridized carbons (Fsp3) is 0.333. The predicted molar refractivity (Wildman–Crippen MR) is 76.4 cm³/mol. The molecule has 1 aromatic rings. The molecule has 0 fully saturated rings. The van der Waals surface area contributed by atoms with Crippen LogP contribution in [-0.2, 0) is 4.79 Å². The van der Waals surface area contributed by atoms with Crippen LogP contribution in [0.2, 0.25) is 0 Å². The number of benzene rings is 1. The first kappa shape index (κ1) is 14.8. The zero-order chi connectivity index (χ0) is 14.5. The number of nitrogens with one attached hydrogen (secondary N) is 2. The zero-order valence-corrected chi connectivity index (χ0v) is 11.7. The molecule has 0 radical (unpaired) electrons. The van der Waals surface area contributed by atoms with Gasteiger partial charge in [0.25, 0.3) is 5.91 Å².